The van der Waals surface area contributed by atoms with E-state index in [1.165, 1.54) is 50.5 Å². The monoisotopic (exact) mass is 344 g/mol. The highest BCUT2D eigenvalue weighted by Gasteiger charge is 2.34. The Morgan fingerprint density at radius 3 is 2.48 bits per heavy atom. The lowest BCUT2D eigenvalue weighted by Crippen LogP contribution is -2.32. The summed E-state index contributed by atoms with van der Waals surface area (Å²) in [6.45, 7) is 0. The second-order valence-electron chi connectivity index (χ2n) is 6.85. The molecule has 2 fully saturated rings. The quantitative estimate of drug-likeness (QED) is 0.531. The minimum absolute atomic E-state index is 0.227. The van der Waals surface area contributed by atoms with Crippen LogP contribution in [0.3, 0.4) is 0 Å². The summed E-state index contributed by atoms with van der Waals surface area (Å²) >= 11 is 18.8. The van der Waals surface area contributed by atoms with Gasteiger partial charge in [-0.25, -0.2) is 0 Å². The largest absolute Gasteiger partial charge is 0.122 e. The van der Waals surface area contributed by atoms with E-state index in [2.05, 4.69) is 6.07 Å². The molecule has 4 atom stereocenters. The number of halogens is 3. The maximum atomic E-state index is 6.74. The van der Waals surface area contributed by atoms with Crippen LogP contribution >= 0.6 is 34.8 Å². The lowest BCUT2D eigenvalue weighted by atomic mass is 9.66. The van der Waals surface area contributed by atoms with Gasteiger partial charge in [0.05, 0.1) is 10.0 Å². The lowest BCUT2D eigenvalue weighted by molar-refractivity contribution is 0.127. The summed E-state index contributed by atoms with van der Waals surface area (Å²) in [7, 11) is 0. The maximum absolute atomic E-state index is 6.74. The third kappa shape index (κ3) is 3.89. The van der Waals surface area contributed by atoms with Gasteiger partial charge in [0.2, 0.25) is 0 Å². The predicted octanol–water partition coefficient (Wildman–Crippen LogP) is 6.75. The molecule has 0 bridgehead atoms. The number of hydrogen-bond donors (Lipinski definition) is 0. The molecule has 1 aromatic rings. The molecule has 4 unspecified atom stereocenters. The van der Waals surface area contributed by atoms with Crippen LogP contribution in [-0.4, -0.2) is 5.38 Å². The summed E-state index contributed by atoms with van der Waals surface area (Å²) in [6, 6.07) is 5.89. The average molecular weight is 346 g/mol. The third-order valence-electron chi connectivity index (χ3n) is 5.51. The molecule has 0 N–H and O–H groups in total. The van der Waals surface area contributed by atoms with Crippen LogP contribution in [0.25, 0.3) is 0 Å². The van der Waals surface area contributed by atoms with Crippen molar-refractivity contribution in [3.63, 3.8) is 0 Å². The van der Waals surface area contributed by atoms with Gasteiger partial charge >= 0.3 is 0 Å². The Morgan fingerprint density at radius 2 is 1.71 bits per heavy atom. The topological polar surface area (TPSA) is 0 Å². The first-order valence-electron chi connectivity index (χ1n) is 8.21. The van der Waals surface area contributed by atoms with Crippen LogP contribution in [0.2, 0.25) is 10.0 Å². The number of rotatable bonds is 3. The normalized spacial score (nSPS) is 30.7. The molecule has 0 spiro atoms. The summed E-state index contributed by atoms with van der Waals surface area (Å²) in [5.41, 5.74) is 1.20. The van der Waals surface area contributed by atoms with Gasteiger partial charge in [-0.1, -0.05) is 55.0 Å². The molecule has 0 saturated heterocycles. The first-order valence-corrected chi connectivity index (χ1v) is 9.40. The Hall–Kier alpha value is 0.0900. The zero-order valence-corrected chi connectivity index (χ0v) is 14.6. The predicted molar refractivity (Wildman–Crippen MR) is 92.6 cm³/mol. The highest BCUT2D eigenvalue weighted by Crippen LogP contribution is 2.44. The van der Waals surface area contributed by atoms with Crippen molar-refractivity contribution in [1.29, 1.82) is 0 Å². The minimum Gasteiger partial charge on any atom is -0.122 e. The van der Waals surface area contributed by atoms with E-state index in [9.17, 15) is 0 Å². The summed E-state index contributed by atoms with van der Waals surface area (Å²) in [5, 5.41) is 1.48. The Balaban J connectivity index is 1.60. The molecular formula is C18H23Cl3. The zero-order valence-electron chi connectivity index (χ0n) is 12.3. The molecule has 3 heteroatoms. The number of fused-ring (bicyclic) bond motifs is 1. The van der Waals surface area contributed by atoms with Crippen molar-refractivity contribution in [3.05, 3.63) is 33.8 Å². The Labute approximate surface area is 143 Å². The molecular weight excluding hydrogens is 323 g/mol. The van der Waals surface area contributed by atoms with Gasteiger partial charge in [0.25, 0.3) is 0 Å². The van der Waals surface area contributed by atoms with E-state index < -0.39 is 0 Å². The number of hydrogen-bond acceptors (Lipinski definition) is 0. The number of alkyl halides is 1. The van der Waals surface area contributed by atoms with Crippen LogP contribution in [0.15, 0.2) is 18.2 Å². The van der Waals surface area contributed by atoms with E-state index in [1.54, 1.807) is 0 Å². The van der Waals surface area contributed by atoms with Gasteiger partial charge in [-0.2, -0.15) is 0 Å². The van der Waals surface area contributed by atoms with Crippen molar-refractivity contribution in [3.8, 4) is 0 Å². The van der Waals surface area contributed by atoms with E-state index in [-0.39, 0.29) is 5.38 Å². The molecule has 2 aliphatic rings. The van der Waals surface area contributed by atoms with Crippen molar-refractivity contribution in [1.82, 2.24) is 0 Å². The van der Waals surface area contributed by atoms with Crippen LogP contribution < -0.4 is 0 Å². The molecule has 0 nitrogen and oxygen atoms in total. The van der Waals surface area contributed by atoms with E-state index in [1.807, 2.05) is 12.1 Å². The van der Waals surface area contributed by atoms with Gasteiger partial charge < -0.3 is 0 Å². The third-order valence-corrected chi connectivity index (χ3v) is 6.76. The standard InChI is InChI=1S/C18H23Cl3/c19-16-8-5-12(10-18(16)21)9-17(20)15-7-6-13-3-1-2-4-14(13)11-15/h5,8,10,13-15,17H,1-4,6-7,9,11H2. The fourth-order valence-electron chi connectivity index (χ4n) is 4.30. The first kappa shape index (κ1) is 16.0. The van der Waals surface area contributed by atoms with E-state index in [0.29, 0.717) is 16.0 Å². The van der Waals surface area contributed by atoms with Crippen molar-refractivity contribution in [2.24, 2.45) is 17.8 Å². The van der Waals surface area contributed by atoms with Crippen LogP contribution in [0, 0.1) is 17.8 Å². The average Bonchev–Trinajstić information content (AvgIpc) is 2.50. The van der Waals surface area contributed by atoms with Crippen LogP contribution in [0.1, 0.15) is 50.5 Å². The summed E-state index contributed by atoms with van der Waals surface area (Å²) in [4.78, 5) is 0. The van der Waals surface area contributed by atoms with Crippen molar-refractivity contribution >= 4 is 34.8 Å². The second-order valence-corrected chi connectivity index (χ2v) is 8.22. The zero-order chi connectivity index (χ0) is 14.8. The van der Waals surface area contributed by atoms with E-state index in [4.69, 9.17) is 34.8 Å². The smallest absolute Gasteiger partial charge is 0.0595 e. The van der Waals surface area contributed by atoms with Crippen molar-refractivity contribution < 1.29 is 0 Å². The van der Waals surface area contributed by atoms with Crippen molar-refractivity contribution in [2.45, 2.75) is 56.7 Å². The van der Waals surface area contributed by atoms with Gasteiger partial charge in [-0.3, -0.25) is 0 Å². The van der Waals surface area contributed by atoms with Crippen LogP contribution in [0.5, 0.6) is 0 Å². The second kappa shape index (κ2) is 7.11. The molecule has 0 aliphatic heterocycles. The van der Waals surface area contributed by atoms with E-state index >= 15 is 0 Å². The molecule has 0 aromatic heterocycles. The first-order chi connectivity index (χ1) is 10.1. The minimum atomic E-state index is 0.227. The van der Waals surface area contributed by atoms with Gasteiger partial charge in [0.15, 0.2) is 0 Å². The maximum Gasteiger partial charge on any atom is 0.0595 e. The van der Waals surface area contributed by atoms with Gasteiger partial charge in [0.1, 0.15) is 0 Å². The number of benzene rings is 1. The highest BCUT2D eigenvalue weighted by atomic mass is 35.5. The highest BCUT2D eigenvalue weighted by molar-refractivity contribution is 6.42. The molecule has 116 valence electrons. The summed E-state index contributed by atoms with van der Waals surface area (Å²) in [6.07, 6.45) is 10.7. The fraction of sp³-hybridized carbons (Fsp3) is 0.667. The summed E-state index contributed by atoms with van der Waals surface area (Å²) in [5.74, 6) is 2.59. The Kier molecular flexibility index (Phi) is 5.41. The van der Waals surface area contributed by atoms with Gasteiger partial charge in [-0.05, 0) is 61.1 Å². The van der Waals surface area contributed by atoms with E-state index in [0.717, 1.165) is 18.3 Å². The van der Waals surface area contributed by atoms with Gasteiger partial charge in [-0.15, -0.1) is 11.6 Å². The lowest BCUT2D eigenvalue weighted by Gasteiger charge is -2.40. The summed E-state index contributed by atoms with van der Waals surface area (Å²) < 4.78 is 0. The van der Waals surface area contributed by atoms with Crippen molar-refractivity contribution in [2.75, 3.05) is 0 Å². The SMILES string of the molecule is Clc1ccc(CC(Cl)C2CCC3CCCCC3C2)cc1Cl. The molecule has 1 aromatic carbocycles. The molecule has 0 amide bonds. The van der Waals surface area contributed by atoms with Gasteiger partial charge in [0, 0.05) is 5.38 Å². The molecule has 3 rings (SSSR count). The molecule has 2 aliphatic carbocycles. The Morgan fingerprint density at radius 1 is 0.952 bits per heavy atom. The van der Waals surface area contributed by atoms with Crippen LogP contribution in [-0.2, 0) is 6.42 Å². The molecule has 21 heavy (non-hydrogen) atoms. The molecule has 0 heterocycles. The fourth-order valence-corrected chi connectivity index (χ4v) is 5.02. The molecule has 0 radical (unpaired) electrons. The molecule has 2 saturated carbocycles. The van der Waals surface area contributed by atoms with Crippen LogP contribution in [0.4, 0.5) is 0 Å². The Bertz CT molecular complexity index is 485.